The Kier molecular flexibility index (Phi) is 6.80. The molecular weight excluding hydrogens is 411 g/mol. The molecule has 3 aromatic rings. The molecule has 5 rings (SSSR count). The van der Waals surface area contributed by atoms with E-state index in [1.54, 1.807) is 0 Å². The zero-order valence-corrected chi connectivity index (χ0v) is 18.7. The van der Waals surface area contributed by atoms with Crippen LogP contribution in [0.4, 0.5) is 0 Å². The van der Waals surface area contributed by atoms with Crippen molar-refractivity contribution < 1.29 is 0 Å². The van der Waals surface area contributed by atoms with Crippen LogP contribution in [0.5, 0.6) is 0 Å². The molecule has 2 aliphatic carbocycles. The van der Waals surface area contributed by atoms with Crippen LogP contribution in [0, 0.1) is 0 Å². The predicted molar refractivity (Wildman–Crippen MR) is 128 cm³/mol. The normalized spacial score (nSPS) is 24.4. The molecule has 1 saturated carbocycles. The first-order valence-corrected chi connectivity index (χ1v) is 11.4. The Morgan fingerprint density at radius 3 is 2.10 bits per heavy atom. The summed E-state index contributed by atoms with van der Waals surface area (Å²) >= 11 is 12.2. The molecule has 3 N–H and O–H groups in total. The van der Waals surface area contributed by atoms with Crippen molar-refractivity contribution in [1.82, 2.24) is 5.32 Å². The van der Waals surface area contributed by atoms with Gasteiger partial charge in [-0.2, -0.15) is 0 Å². The summed E-state index contributed by atoms with van der Waals surface area (Å²) in [5.41, 5.74) is 11.1. The van der Waals surface area contributed by atoms with Gasteiger partial charge >= 0.3 is 0 Å². The van der Waals surface area contributed by atoms with E-state index in [9.17, 15) is 0 Å². The number of hydrogen-bond donors (Lipinski definition) is 2. The molecule has 0 heterocycles. The van der Waals surface area contributed by atoms with Crippen LogP contribution in [0.1, 0.15) is 59.4 Å². The molecule has 0 unspecified atom stereocenters. The van der Waals surface area contributed by atoms with Gasteiger partial charge in [0.2, 0.25) is 0 Å². The first-order valence-electron chi connectivity index (χ1n) is 10.6. The zero-order valence-electron chi connectivity index (χ0n) is 17.2. The van der Waals surface area contributed by atoms with Crippen molar-refractivity contribution in [3.63, 3.8) is 0 Å². The Bertz CT molecular complexity index is 989. The highest BCUT2D eigenvalue weighted by Gasteiger charge is 2.34. The highest BCUT2D eigenvalue weighted by molar-refractivity contribution is 6.42. The number of hydrogen-bond acceptors (Lipinski definition) is 2. The number of nitrogens with one attached hydrogen (secondary N) is 1. The molecule has 1 fully saturated rings. The van der Waals surface area contributed by atoms with Gasteiger partial charge < -0.3 is 11.1 Å². The third kappa shape index (κ3) is 4.73. The number of benzene rings is 3. The van der Waals surface area contributed by atoms with Crippen molar-refractivity contribution in [3.8, 4) is 0 Å². The van der Waals surface area contributed by atoms with E-state index in [1.807, 2.05) is 25.2 Å². The second-order valence-electron chi connectivity index (χ2n) is 8.19. The Morgan fingerprint density at radius 1 is 0.800 bits per heavy atom. The van der Waals surface area contributed by atoms with Crippen LogP contribution in [0.15, 0.2) is 72.8 Å². The quantitative estimate of drug-likeness (QED) is 0.478. The molecule has 0 spiro atoms. The highest BCUT2D eigenvalue weighted by atomic mass is 35.5. The lowest BCUT2D eigenvalue weighted by atomic mass is 9.77. The molecule has 0 radical (unpaired) electrons. The van der Waals surface area contributed by atoms with Crippen LogP contribution < -0.4 is 11.1 Å². The van der Waals surface area contributed by atoms with Crippen molar-refractivity contribution in [3.05, 3.63) is 105 Å². The minimum atomic E-state index is 0.408. The van der Waals surface area contributed by atoms with Gasteiger partial charge in [-0.1, -0.05) is 83.9 Å². The monoisotopic (exact) mass is 438 g/mol. The van der Waals surface area contributed by atoms with Gasteiger partial charge in [0.15, 0.2) is 0 Å². The largest absolute Gasteiger partial charge is 0.327 e. The molecule has 0 bridgehead atoms. The van der Waals surface area contributed by atoms with Crippen LogP contribution in [0.3, 0.4) is 0 Å². The van der Waals surface area contributed by atoms with Crippen LogP contribution in [-0.2, 0) is 0 Å². The Labute approximate surface area is 189 Å². The second-order valence-corrected chi connectivity index (χ2v) is 9.00. The fourth-order valence-corrected chi connectivity index (χ4v) is 4.77. The van der Waals surface area contributed by atoms with Gasteiger partial charge in [-0.15, -0.1) is 0 Å². The number of rotatable bonds is 3. The van der Waals surface area contributed by atoms with E-state index in [1.165, 1.54) is 28.7 Å². The fraction of sp³-hybridized carbons (Fsp3) is 0.308. The lowest BCUT2D eigenvalue weighted by Gasteiger charge is -2.32. The van der Waals surface area contributed by atoms with Crippen molar-refractivity contribution in [1.29, 1.82) is 0 Å². The standard InChI is InChI=1S/C17H17Cl2N.C9H11N/c1-20-17-9-7-12(13-4-2-3-5-14(13)17)11-6-8-15(18)16(19)10-11;10-9-6-8(9)7-4-2-1-3-5-7/h2-6,8,10,12,17,20H,7,9H2,1H3;1-5,8-9H,6,10H2/t12-,17-;8-,9+/m00/s1. The molecule has 156 valence electrons. The topological polar surface area (TPSA) is 38.0 Å². The Hall–Kier alpha value is -1.84. The van der Waals surface area contributed by atoms with E-state index in [2.05, 4.69) is 59.9 Å². The SMILES string of the molecule is CN[C@H]1CC[C@@H](c2ccc(Cl)c(Cl)c2)c2ccccc21.N[C@@H]1C[C@H]1c1ccccc1. The lowest BCUT2D eigenvalue weighted by molar-refractivity contribution is 0.471. The summed E-state index contributed by atoms with van der Waals surface area (Å²) in [5, 5.41) is 4.66. The highest BCUT2D eigenvalue weighted by Crippen LogP contribution is 2.42. The van der Waals surface area contributed by atoms with Gasteiger partial charge in [0.25, 0.3) is 0 Å². The maximum Gasteiger partial charge on any atom is 0.0595 e. The van der Waals surface area contributed by atoms with Crippen molar-refractivity contribution in [2.45, 2.75) is 43.2 Å². The first-order chi connectivity index (χ1) is 14.6. The number of nitrogens with two attached hydrogens (primary N) is 1. The summed E-state index contributed by atoms with van der Waals surface area (Å²) < 4.78 is 0. The summed E-state index contributed by atoms with van der Waals surface area (Å²) in [6, 6.07) is 26.0. The van der Waals surface area contributed by atoms with E-state index in [0.29, 0.717) is 34.0 Å². The smallest absolute Gasteiger partial charge is 0.0595 e. The summed E-state index contributed by atoms with van der Waals surface area (Å²) in [7, 11) is 2.03. The summed E-state index contributed by atoms with van der Waals surface area (Å²) in [5.74, 6) is 1.06. The average Bonchev–Trinajstić information content (AvgIpc) is 3.52. The Morgan fingerprint density at radius 2 is 1.47 bits per heavy atom. The van der Waals surface area contributed by atoms with Gasteiger partial charge in [0.05, 0.1) is 10.0 Å². The van der Waals surface area contributed by atoms with Gasteiger partial charge in [0, 0.05) is 23.9 Å². The van der Waals surface area contributed by atoms with E-state index >= 15 is 0 Å². The summed E-state index contributed by atoms with van der Waals surface area (Å²) in [4.78, 5) is 0. The number of halogens is 2. The molecule has 4 heteroatoms. The average molecular weight is 439 g/mol. The maximum atomic E-state index is 6.17. The van der Waals surface area contributed by atoms with Gasteiger partial charge in [-0.3, -0.25) is 0 Å². The third-order valence-corrected chi connectivity index (χ3v) is 6.99. The van der Waals surface area contributed by atoms with Crippen molar-refractivity contribution in [2.24, 2.45) is 5.73 Å². The molecule has 0 saturated heterocycles. The van der Waals surface area contributed by atoms with Crippen LogP contribution >= 0.6 is 23.2 Å². The molecule has 4 atom stereocenters. The molecule has 2 nitrogen and oxygen atoms in total. The van der Waals surface area contributed by atoms with E-state index < -0.39 is 0 Å². The maximum absolute atomic E-state index is 6.17. The van der Waals surface area contributed by atoms with E-state index in [-0.39, 0.29) is 0 Å². The van der Waals surface area contributed by atoms with Gasteiger partial charge in [-0.05, 0) is 60.7 Å². The molecule has 0 aromatic heterocycles. The van der Waals surface area contributed by atoms with Crippen LogP contribution in [-0.4, -0.2) is 13.1 Å². The zero-order chi connectivity index (χ0) is 21.1. The lowest BCUT2D eigenvalue weighted by Crippen LogP contribution is -2.24. The number of fused-ring (bicyclic) bond motifs is 1. The second kappa shape index (κ2) is 9.53. The van der Waals surface area contributed by atoms with E-state index in [4.69, 9.17) is 28.9 Å². The van der Waals surface area contributed by atoms with Gasteiger partial charge in [-0.25, -0.2) is 0 Å². The molecule has 0 aliphatic heterocycles. The van der Waals surface area contributed by atoms with Crippen molar-refractivity contribution in [2.75, 3.05) is 7.05 Å². The molecule has 3 aromatic carbocycles. The molecule has 0 amide bonds. The third-order valence-electron chi connectivity index (χ3n) is 6.25. The summed E-state index contributed by atoms with van der Waals surface area (Å²) in [6.07, 6.45) is 3.43. The summed E-state index contributed by atoms with van der Waals surface area (Å²) in [6.45, 7) is 0. The minimum absolute atomic E-state index is 0.408. The van der Waals surface area contributed by atoms with Crippen LogP contribution in [0.25, 0.3) is 0 Å². The molecule has 2 aliphatic rings. The predicted octanol–water partition coefficient (Wildman–Crippen LogP) is 6.68. The molecule has 30 heavy (non-hydrogen) atoms. The first kappa shape index (κ1) is 21.4. The molecular formula is C26H28Cl2N2. The van der Waals surface area contributed by atoms with Crippen LogP contribution in [0.2, 0.25) is 10.0 Å². The van der Waals surface area contributed by atoms with Gasteiger partial charge in [0.1, 0.15) is 0 Å². The van der Waals surface area contributed by atoms with E-state index in [0.717, 1.165) is 12.8 Å². The van der Waals surface area contributed by atoms with Crippen molar-refractivity contribution >= 4 is 23.2 Å². The minimum Gasteiger partial charge on any atom is -0.327 e. The Balaban J connectivity index is 0.000000181. The fourth-order valence-electron chi connectivity index (χ4n) is 4.46.